The second-order valence-electron chi connectivity index (χ2n) is 3.82. The molecule has 0 heterocycles. The number of unbranched alkanes of at least 4 members (excludes halogenated alkanes) is 2. The predicted octanol–water partition coefficient (Wildman–Crippen LogP) is 2.43. The van der Waals surface area contributed by atoms with Crippen LogP contribution in [0.2, 0.25) is 0 Å². The van der Waals surface area contributed by atoms with Crippen molar-refractivity contribution in [1.82, 2.24) is 0 Å². The van der Waals surface area contributed by atoms with Crippen LogP contribution in [0, 0.1) is 18.3 Å². The van der Waals surface area contributed by atoms with E-state index in [1.807, 2.05) is 13.0 Å². The van der Waals surface area contributed by atoms with Crippen LogP contribution in [0.3, 0.4) is 0 Å². The third-order valence-electron chi connectivity index (χ3n) is 2.43. The fourth-order valence-electron chi connectivity index (χ4n) is 1.32. The van der Waals surface area contributed by atoms with Gasteiger partial charge in [0.25, 0.3) is 0 Å². The van der Waals surface area contributed by atoms with Crippen LogP contribution in [-0.2, 0) is 4.74 Å². The molecule has 0 aliphatic carbocycles. The van der Waals surface area contributed by atoms with Crippen LogP contribution in [0.5, 0.6) is 0 Å². The normalized spacial score (nSPS) is 9.65. The molecule has 2 N–H and O–H groups in total. The maximum atomic E-state index is 11.6. The molecule has 0 amide bonds. The van der Waals surface area contributed by atoms with Gasteiger partial charge in [-0.25, -0.2) is 4.79 Å². The van der Waals surface area contributed by atoms with E-state index in [0.717, 1.165) is 12.0 Å². The Hall–Kier alpha value is -2.02. The van der Waals surface area contributed by atoms with E-state index >= 15 is 0 Å². The molecule has 0 atom stereocenters. The number of hydrogen-bond acceptors (Lipinski definition) is 4. The average molecular weight is 232 g/mol. The monoisotopic (exact) mass is 232 g/mol. The molecule has 17 heavy (non-hydrogen) atoms. The molecule has 0 unspecified atom stereocenters. The van der Waals surface area contributed by atoms with Crippen LogP contribution in [0.15, 0.2) is 18.2 Å². The van der Waals surface area contributed by atoms with Crippen LogP contribution in [0.1, 0.15) is 35.2 Å². The molecule has 0 radical (unpaired) electrons. The van der Waals surface area contributed by atoms with E-state index < -0.39 is 0 Å². The number of carbonyl (C=O) groups is 1. The van der Waals surface area contributed by atoms with E-state index in [1.54, 1.807) is 18.2 Å². The largest absolute Gasteiger partial charge is 0.462 e. The topological polar surface area (TPSA) is 76.1 Å². The average Bonchev–Trinajstić information content (AvgIpc) is 2.32. The standard InChI is InChI=1S/C13H16N2O2/c1-10-5-6-11(9-12(10)15)13(16)17-8-4-2-3-7-14/h5-6,9H,2-4,8,15H2,1H3. The van der Waals surface area contributed by atoms with Gasteiger partial charge < -0.3 is 10.5 Å². The van der Waals surface area contributed by atoms with E-state index in [1.165, 1.54) is 0 Å². The second-order valence-corrected chi connectivity index (χ2v) is 3.82. The molecule has 90 valence electrons. The fourth-order valence-corrected chi connectivity index (χ4v) is 1.32. The Morgan fingerprint density at radius 3 is 2.88 bits per heavy atom. The molecule has 0 saturated heterocycles. The van der Waals surface area contributed by atoms with Gasteiger partial charge in [-0.2, -0.15) is 5.26 Å². The van der Waals surface area contributed by atoms with Crippen molar-refractivity contribution in [3.05, 3.63) is 29.3 Å². The second kappa shape index (κ2) is 6.54. The van der Waals surface area contributed by atoms with Crippen molar-refractivity contribution >= 4 is 11.7 Å². The van der Waals surface area contributed by atoms with Gasteiger partial charge in [0.05, 0.1) is 18.2 Å². The summed E-state index contributed by atoms with van der Waals surface area (Å²) in [6, 6.07) is 7.15. The van der Waals surface area contributed by atoms with Crippen molar-refractivity contribution in [2.75, 3.05) is 12.3 Å². The quantitative estimate of drug-likeness (QED) is 0.480. The van der Waals surface area contributed by atoms with E-state index in [4.69, 9.17) is 15.7 Å². The first-order chi connectivity index (χ1) is 8.15. The molecule has 0 saturated carbocycles. The minimum atomic E-state index is -0.367. The molecule has 0 bridgehead atoms. The molecule has 1 aromatic rings. The van der Waals surface area contributed by atoms with E-state index in [9.17, 15) is 4.79 Å². The Balaban J connectivity index is 2.42. The number of hydrogen-bond donors (Lipinski definition) is 1. The van der Waals surface area contributed by atoms with Gasteiger partial charge in [-0.3, -0.25) is 0 Å². The number of ether oxygens (including phenoxy) is 1. The zero-order valence-electron chi connectivity index (χ0n) is 9.90. The fraction of sp³-hybridized carbons (Fsp3) is 0.385. The minimum absolute atomic E-state index is 0.342. The van der Waals surface area contributed by atoms with Crippen molar-refractivity contribution in [3.63, 3.8) is 0 Å². The van der Waals surface area contributed by atoms with Crippen LogP contribution < -0.4 is 5.73 Å². The van der Waals surface area contributed by atoms with Crippen molar-refractivity contribution in [2.24, 2.45) is 0 Å². The van der Waals surface area contributed by atoms with Gasteiger partial charge in [0.2, 0.25) is 0 Å². The highest BCUT2D eigenvalue weighted by atomic mass is 16.5. The van der Waals surface area contributed by atoms with Gasteiger partial charge in [-0.15, -0.1) is 0 Å². The third kappa shape index (κ3) is 4.15. The predicted molar refractivity (Wildman–Crippen MR) is 65.3 cm³/mol. The van der Waals surface area contributed by atoms with Crippen LogP contribution >= 0.6 is 0 Å². The lowest BCUT2D eigenvalue weighted by Crippen LogP contribution is -2.07. The Kier molecular flexibility index (Phi) is 5.02. The Morgan fingerprint density at radius 2 is 2.24 bits per heavy atom. The molecule has 1 rings (SSSR count). The van der Waals surface area contributed by atoms with E-state index in [0.29, 0.717) is 30.7 Å². The Morgan fingerprint density at radius 1 is 1.47 bits per heavy atom. The van der Waals surface area contributed by atoms with Crippen molar-refractivity contribution in [2.45, 2.75) is 26.2 Å². The molecule has 0 spiro atoms. The molecule has 4 nitrogen and oxygen atoms in total. The maximum absolute atomic E-state index is 11.6. The first-order valence-electron chi connectivity index (χ1n) is 5.55. The minimum Gasteiger partial charge on any atom is -0.462 e. The zero-order chi connectivity index (χ0) is 12.7. The summed E-state index contributed by atoms with van der Waals surface area (Å²) in [5, 5.41) is 8.34. The molecule has 4 heteroatoms. The van der Waals surface area contributed by atoms with Crippen molar-refractivity contribution in [3.8, 4) is 6.07 Å². The number of nitrogen functional groups attached to an aromatic ring is 1. The highest BCUT2D eigenvalue weighted by Crippen LogP contribution is 2.13. The molecular formula is C13H16N2O2. The zero-order valence-corrected chi connectivity index (χ0v) is 9.90. The first kappa shape index (κ1) is 13.0. The van der Waals surface area contributed by atoms with Gasteiger partial charge in [0.1, 0.15) is 0 Å². The van der Waals surface area contributed by atoms with Gasteiger partial charge in [0.15, 0.2) is 0 Å². The van der Waals surface area contributed by atoms with Crippen molar-refractivity contribution < 1.29 is 9.53 Å². The SMILES string of the molecule is Cc1ccc(C(=O)OCCCCC#N)cc1N. The summed E-state index contributed by atoms with van der Waals surface area (Å²) < 4.78 is 5.07. The van der Waals surface area contributed by atoms with Gasteiger partial charge in [-0.1, -0.05) is 6.07 Å². The number of nitriles is 1. The highest BCUT2D eigenvalue weighted by molar-refractivity contribution is 5.90. The van der Waals surface area contributed by atoms with Crippen molar-refractivity contribution in [1.29, 1.82) is 5.26 Å². The Labute approximate surface area is 101 Å². The lowest BCUT2D eigenvalue weighted by Gasteiger charge is -2.06. The lowest BCUT2D eigenvalue weighted by molar-refractivity contribution is 0.0499. The summed E-state index contributed by atoms with van der Waals surface area (Å²) in [5.41, 5.74) is 7.70. The number of rotatable bonds is 5. The molecule has 0 fully saturated rings. The highest BCUT2D eigenvalue weighted by Gasteiger charge is 2.07. The molecule has 0 aliphatic rings. The maximum Gasteiger partial charge on any atom is 0.338 e. The molecule has 0 aromatic heterocycles. The van der Waals surface area contributed by atoms with E-state index in [-0.39, 0.29) is 5.97 Å². The number of aryl methyl sites for hydroxylation is 1. The smallest absolute Gasteiger partial charge is 0.338 e. The molecular weight excluding hydrogens is 216 g/mol. The van der Waals surface area contributed by atoms with E-state index in [2.05, 4.69) is 0 Å². The van der Waals surface area contributed by atoms with Crippen LogP contribution in [-0.4, -0.2) is 12.6 Å². The van der Waals surface area contributed by atoms with Crippen LogP contribution in [0.4, 0.5) is 5.69 Å². The number of nitrogens with two attached hydrogens (primary N) is 1. The van der Waals surface area contributed by atoms with Gasteiger partial charge >= 0.3 is 5.97 Å². The van der Waals surface area contributed by atoms with Gasteiger partial charge in [-0.05, 0) is 37.5 Å². The lowest BCUT2D eigenvalue weighted by atomic mass is 10.1. The van der Waals surface area contributed by atoms with Crippen LogP contribution in [0.25, 0.3) is 0 Å². The Bertz CT molecular complexity index is 436. The summed E-state index contributed by atoms with van der Waals surface area (Å²) in [7, 11) is 0. The summed E-state index contributed by atoms with van der Waals surface area (Å²) >= 11 is 0. The first-order valence-corrected chi connectivity index (χ1v) is 5.55. The van der Waals surface area contributed by atoms with Gasteiger partial charge in [0, 0.05) is 12.1 Å². The number of anilines is 1. The summed E-state index contributed by atoms with van der Waals surface area (Å²) in [5.74, 6) is -0.367. The number of carbonyl (C=O) groups excluding carboxylic acids is 1. The summed E-state index contributed by atoms with van der Waals surface area (Å²) in [6.07, 6.45) is 1.95. The molecule has 1 aromatic carbocycles. The number of benzene rings is 1. The summed E-state index contributed by atoms with van der Waals surface area (Å²) in [4.78, 5) is 11.6. The third-order valence-corrected chi connectivity index (χ3v) is 2.43. The summed E-state index contributed by atoms with van der Waals surface area (Å²) in [6.45, 7) is 2.22. The molecule has 0 aliphatic heterocycles. The number of nitrogens with zero attached hydrogens (tertiary/aromatic N) is 1. The number of esters is 1.